The predicted octanol–water partition coefficient (Wildman–Crippen LogP) is 4.59. The standard InChI is InChI=1S/C23H16F2N2O2/c1-14-2-4-15(5-3-14)6-7-16-10-17(13-26-12-16)21-22(29-23(28)27-21)19-11-18(24)8-9-20(19)25/h2-5,8-13,21-22H,1H3,(H,27,28)/t21-,22?/m1/s1. The Bertz CT molecular complexity index is 1130. The first-order valence-corrected chi connectivity index (χ1v) is 8.95. The molecule has 144 valence electrons. The molecule has 0 bridgehead atoms. The van der Waals surface area contributed by atoms with Crippen molar-refractivity contribution in [1.29, 1.82) is 0 Å². The Kier molecular flexibility index (Phi) is 4.96. The van der Waals surface area contributed by atoms with Crippen molar-refractivity contribution in [3.8, 4) is 11.8 Å². The fourth-order valence-corrected chi connectivity index (χ4v) is 3.13. The van der Waals surface area contributed by atoms with E-state index in [2.05, 4.69) is 22.1 Å². The lowest BCUT2D eigenvalue weighted by Crippen LogP contribution is -2.20. The van der Waals surface area contributed by atoms with Crippen molar-refractivity contribution in [3.05, 3.63) is 100 Å². The molecule has 1 aliphatic rings. The van der Waals surface area contributed by atoms with E-state index in [9.17, 15) is 13.6 Å². The number of hydrogen-bond acceptors (Lipinski definition) is 3. The van der Waals surface area contributed by atoms with Gasteiger partial charge in [0.1, 0.15) is 17.7 Å². The van der Waals surface area contributed by atoms with Gasteiger partial charge < -0.3 is 10.1 Å². The molecule has 2 atom stereocenters. The maximum absolute atomic E-state index is 14.2. The molecular formula is C23H16F2N2O2. The SMILES string of the molecule is Cc1ccc(C#Cc2cncc([C@H]3NC(=O)OC3c3cc(F)ccc3F)c2)cc1. The largest absolute Gasteiger partial charge is 0.439 e. The van der Waals surface area contributed by atoms with Crippen LogP contribution in [-0.4, -0.2) is 11.1 Å². The number of ether oxygens (including phenoxy) is 1. The molecule has 0 spiro atoms. The molecule has 0 saturated carbocycles. The number of halogens is 2. The summed E-state index contributed by atoms with van der Waals surface area (Å²) in [7, 11) is 0. The van der Waals surface area contributed by atoms with E-state index < -0.39 is 29.9 Å². The lowest BCUT2D eigenvalue weighted by atomic mass is 9.96. The summed E-state index contributed by atoms with van der Waals surface area (Å²) in [6.45, 7) is 2.00. The third-order valence-electron chi connectivity index (χ3n) is 4.60. The van der Waals surface area contributed by atoms with Crippen LogP contribution in [0, 0.1) is 30.4 Å². The third kappa shape index (κ3) is 4.09. The number of hydrogen-bond donors (Lipinski definition) is 1. The van der Waals surface area contributed by atoms with Crippen LogP contribution in [0.3, 0.4) is 0 Å². The van der Waals surface area contributed by atoms with Crippen molar-refractivity contribution < 1.29 is 18.3 Å². The number of carbonyl (C=O) groups excluding carboxylic acids is 1. The normalized spacial score (nSPS) is 17.8. The molecule has 2 aromatic carbocycles. The Morgan fingerprint density at radius 2 is 1.76 bits per heavy atom. The minimum atomic E-state index is -1.01. The first-order valence-electron chi connectivity index (χ1n) is 8.95. The highest BCUT2D eigenvalue weighted by Crippen LogP contribution is 2.37. The van der Waals surface area contributed by atoms with E-state index in [1.165, 1.54) is 0 Å². The monoisotopic (exact) mass is 390 g/mol. The zero-order valence-corrected chi connectivity index (χ0v) is 15.4. The van der Waals surface area contributed by atoms with Crippen molar-refractivity contribution in [2.75, 3.05) is 0 Å². The molecule has 1 aromatic heterocycles. The van der Waals surface area contributed by atoms with E-state index in [4.69, 9.17) is 4.74 Å². The Labute approximate surface area is 166 Å². The van der Waals surface area contributed by atoms with Gasteiger partial charge in [0.25, 0.3) is 0 Å². The van der Waals surface area contributed by atoms with Gasteiger partial charge in [-0.05, 0) is 48.9 Å². The third-order valence-corrected chi connectivity index (χ3v) is 4.60. The molecule has 1 saturated heterocycles. The summed E-state index contributed by atoms with van der Waals surface area (Å²) in [6.07, 6.45) is 1.42. The first kappa shape index (κ1) is 18.6. The van der Waals surface area contributed by atoms with Gasteiger partial charge in [0, 0.05) is 29.1 Å². The van der Waals surface area contributed by atoms with E-state index in [1.54, 1.807) is 18.5 Å². The average Bonchev–Trinajstić information content (AvgIpc) is 3.11. The zero-order valence-electron chi connectivity index (χ0n) is 15.4. The Hall–Kier alpha value is -3.72. The summed E-state index contributed by atoms with van der Waals surface area (Å²) in [4.78, 5) is 16.0. The molecule has 1 aliphatic heterocycles. The topological polar surface area (TPSA) is 51.2 Å². The fourth-order valence-electron chi connectivity index (χ4n) is 3.13. The second kappa shape index (κ2) is 7.72. The van der Waals surface area contributed by atoms with Gasteiger partial charge in [-0.2, -0.15) is 0 Å². The van der Waals surface area contributed by atoms with Gasteiger partial charge in [0.15, 0.2) is 6.10 Å². The number of nitrogens with one attached hydrogen (secondary N) is 1. The molecule has 1 unspecified atom stereocenters. The Morgan fingerprint density at radius 3 is 2.55 bits per heavy atom. The van der Waals surface area contributed by atoms with Gasteiger partial charge in [-0.15, -0.1) is 0 Å². The summed E-state index contributed by atoms with van der Waals surface area (Å²) in [5.41, 5.74) is 3.18. The molecule has 2 heterocycles. The smallest absolute Gasteiger partial charge is 0.408 e. The number of alkyl carbamates (subject to hydrolysis) is 1. The average molecular weight is 390 g/mol. The molecule has 4 nitrogen and oxygen atoms in total. The Morgan fingerprint density at radius 1 is 1.00 bits per heavy atom. The van der Waals surface area contributed by atoms with Crippen molar-refractivity contribution in [2.24, 2.45) is 0 Å². The minimum absolute atomic E-state index is 0.0375. The van der Waals surface area contributed by atoms with E-state index in [0.29, 0.717) is 11.1 Å². The van der Waals surface area contributed by atoms with Crippen molar-refractivity contribution in [2.45, 2.75) is 19.1 Å². The number of cyclic esters (lactones) is 1. The quantitative estimate of drug-likeness (QED) is 0.651. The lowest BCUT2D eigenvalue weighted by molar-refractivity contribution is 0.130. The number of benzene rings is 2. The van der Waals surface area contributed by atoms with Crippen LogP contribution in [-0.2, 0) is 4.74 Å². The van der Waals surface area contributed by atoms with Gasteiger partial charge in [-0.1, -0.05) is 29.5 Å². The zero-order chi connectivity index (χ0) is 20.4. The lowest BCUT2D eigenvalue weighted by Gasteiger charge is -2.18. The van der Waals surface area contributed by atoms with Gasteiger partial charge >= 0.3 is 6.09 Å². The van der Waals surface area contributed by atoms with E-state index in [1.807, 2.05) is 31.2 Å². The summed E-state index contributed by atoms with van der Waals surface area (Å²) >= 11 is 0. The molecule has 3 aromatic rings. The number of carbonyl (C=O) groups is 1. The van der Waals surface area contributed by atoms with Crippen molar-refractivity contribution >= 4 is 6.09 Å². The molecule has 0 aliphatic carbocycles. The van der Waals surface area contributed by atoms with Crippen LogP contribution < -0.4 is 5.32 Å². The first-order chi connectivity index (χ1) is 14.0. The van der Waals surface area contributed by atoms with Crippen LogP contribution in [0.4, 0.5) is 13.6 Å². The van der Waals surface area contributed by atoms with Crippen LogP contribution in [0.25, 0.3) is 0 Å². The molecular weight excluding hydrogens is 374 g/mol. The number of aromatic nitrogens is 1. The van der Waals surface area contributed by atoms with Crippen LogP contribution in [0.5, 0.6) is 0 Å². The maximum atomic E-state index is 14.2. The number of amides is 1. The molecule has 0 radical (unpaired) electrons. The fraction of sp³-hybridized carbons (Fsp3) is 0.130. The summed E-state index contributed by atoms with van der Waals surface area (Å²) in [5.74, 6) is 4.82. The second-order valence-corrected chi connectivity index (χ2v) is 6.74. The molecule has 1 fully saturated rings. The molecule has 1 amide bonds. The van der Waals surface area contributed by atoms with Crippen LogP contribution in [0.2, 0.25) is 0 Å². The van der Waals surface area contributed by atoms with Gasteiger partial charge in [-0.25, -0.2) is 13.6 Å². The van der Waals surface area contributed by atoms with Gasteiger partial charge in [0.2, 0.25) is 0 Å². The molecule has 1 N–H and O–H groups in total. The summed E-state index contributed by atoms with van der Waals surface area (Å²) in [6, 6.07) is 11.9. The molecule has 29 heavy (non-hydrogen) atoms. The number of aryl methyl sites for hydroxylation is 1. The number of rotatable bonds is 2. The van der Waals surface area contributed by atoms with Gasteiger partial charge in [0.05, 0.1) is 0 Å². The summed E-state index contributed by atoms with van der Waals surface area (Å²) in [5, 5.41) is 2.63. The van der Waals surface area contributed by atoms with E-state index in [-0.39, 0.29) is 5.56 Å². The minimum Gasteiger partial charge on any atom is -0.439 e. The summed E-state index contributed by atoms with van der Waals surface area (Å²) < 4.78 is 33.1. The highest BCUT2D eigenvalue weighted by atomic mass is 19.1. The second-order valence-electron chi connectivity index (χ2n) is 6.74. The van der Waals surface area contributed by atoms with E-state index >= 15 is 0 Å². The Balaban J connectivity index is 1.65. The molecule has 4 rings (SSSR count). The van der Waals surface area contributed by atoms with Crippen LogP contribution >= 0.6 is 0 Å². The highest BCUT2D eigenvalue weighted by Gasteiger charge is 2.38. The van der Waals surface area contributed by atoms with Crippen LogP contribution in [0.1, 0.15) is 40.0 Å². The molecule has 6 heteroatoms. The van der Waals surface area contributed by atoms with Crippen molar-refractivity contribution in [1.82, 2.24) is 10.3 Å². The van der Waals surface area contributed by atoms with Crippen molar-refractivity contribution in [3.63, 3.8) is 0 Å². The van der Waals surface area contributed by atoms with Crippen LogP contribution in [0.15, 0.2) is 60.9 Å². The maximum Gasteiger partial charge on any atom is 0.408 e. The number of nitrogens with zero attached hydrogens (tertiary/aromatic N) is 1. The highest BCUT2D eigenvalue weighted by molar-refractivity contribution is 5.71. The van der Waals surface area contributed by atoms with E-state index in [0.717, 1.165) is 29.3 Å². The van der Waals surface area contributed by atoms with Gasteiger partial charge in [-0.3, -0.25) is 4.98 Å². The predicted molar refractivity (Wildman–Crippen MR) is 103 cm³/mol. The number of pyridine rings is 1.